The first kappa shape index (κ1) is 24.2. The maximum absolute atomic E-state index is 12.4. The van der Waals surface area contributed by atoms with Gasteiger partial charge in [-0.15, -0.1) is 24.0 Å². The van der Waals surface area contributed by atoms with Crippen LogP contribution < -0.4 is 15.4 Å². The van der Waals surface area contributed by atoms with Crippen molar-refractivity contribution >= 4 is 41.7 Å². The van der Waals surface area contributed by atoms with Gasteiger partial charge in [0.15, 0.2) is 12.6 Å². The van der Waals surface area contributed by atoms with E-state index in [1.807, 2.05) is 18.7 Å². The fourth-order valence-corrected chi connectivity index (χ4v) is 3.69. The lowest BCUT2D eigenvalue weighted by Crippen LogP contribution is -2.42. The van der Waals surface area contributed by atoms with Gasteiger partial charge in [0, 0.05) is 23.4 Å². The lowest BCUT2D eigenvalue weighted by Gasteiger charge is -2.17. The number of rotatable bonds is 7. The van der Waals surface area contributed by atoms with Crippen LogP contribution in [0.4, 0.5) is 13.2 Å². The summed E-state index contributed by atoms with van der Waals surface area (Å²) < 4.78 is 42.1. The number of ether oxygens (including phenoxy) is 1. The molecule has 1 aliphatic rings. The van der Waals surface area contributed by atoms with Crippen LogP contribution in [0.2, 0.25) is 0 Å². The van der Waals surface area contributed by atoms with Crippen molar-refractivity contribution in [2.24, 2.45) is 4.99 Å². The zero-order valence-electron chi connectivity index (χ0n) is 15.5. The molecule has 1 aromatic rings. The molecular weight excluding hydrogens is 490 g/mol. The number of alkyl halides is 3. The van der Waals surface area contributed by atoms with Crippen molar-refractivity contribution < 1.29 is 17.9 Å². The topological polar surface area (TPSA) is 45.7 Å². The average molecular weight is 517 g/mol. The number of aliphatic imine (C=N–C) groups is 1. The van der Waals surface area contributed by atoms with Crippen molar-refractivity contribution in [1.82, 2.24) is 10.6 Å². The smallest absolute Gasteiger partial charge is 0.422 e. The lowest BCUT2D eigenvalue weighted by molar-refractivity contribution is -0.153. The van der Waals surface area contributed by atoms with Crippen LogP contribution in [-0.2, 0) is 6.54 Å². The highest BCUT2D eigenvalue weighted by Crippen LogP contribution is 2.28. The first-order chi connectivity index (χ1) is 12.4. The van der Waals surface area contributed by atoms with Gasteiger partial charge in [0.1, 0.15) is 5.75 Å². The summed E-state index contributed by atoms with van der Waals surface area (Å²) in [6, 6.07) is 7.08. The van der Waals surface area contributed by atoms with Gasteiger partial charge in [0.2, 0.25) is 0 Å². The first-order valence-electron chi connectivity index (χ1n) is 8.76. The second-order valence-electron chi connectivity index (χ2n) is 6.22. The molecule has 2 atom stereocenters. The molecule has 0 aromatic heterocycles. The van der Waals surface area contributed by atoms with Crippen LogP contribution in [0.15, 0.2) is 29.3 Å². The van der Waals surface area contributed by atoms with Crippen molar-refractivity contribution in [2.45, 2.75) is 50.2 Å². The third kappa shape index (κ3) is 8.80. The third-order valence-corrected chi connectivity index (χ3v) is 5.27. The van der Waals surface area contributed by atoms with Gasteiger partial charge in [-0.1, -0.05) is 18.2 Å². The summed E-state index contributed by atoms with van der Waals surface area (Å²) in [4.78, 5) is 4.53. The van der Waals surface area contributed by atoms with Gasteiger partial charge in [0.25, 0.3) is 0 Å². The van der Waals surface area contributed by atoms with Crippen LogP contribution in [-0.4, -0.2) is 42.8 Å². The van der Waals surface area contributed by atoms with Gasteiger partial charge in [-0.25, -0.2) is 4.99 Å². The monoisotopic (exact) mass is 517 g/mol. The minimum Gasteiger partial charge on any atom is -0.484 e. The van der Waals surface area contributed by atoms with E-state index < -0.39 is 12.8 Å². The summed E-state index contributed by atoms with van der Waals surface area (Å²) in [7, 11) is 0. The van der Waals surface area contributed by atoms with E-state index in [-0.39, 0.29) is 36.3 Å². The number of guanidine groups is 1. The minimum absolute atomic E-state index is 0. The van der Waals surface area contributed by atoms with Crippen molar-refractivity contribution in [2.75, 3.05) is 19.4 Å². The zero-order valence-corrected chi connectivity index (χ0v) is 18.7. The summed E-state index contributed by atoms with van der Waals surface area (Å²) in [6.45, 7) is 1.65. The van der Waals surface area contributed by atoms with Gasteiger partial charge >= 0.3 is 6.18 Å². The lowest BCUT2D eigenvalue weighted by atomic mass is 10.2. The second kappa shape index (κ2) is 11.9. The number of para-hydroxylation sites is 1. The van der Waals surface area contributed by atoms with Crippen LogP contribution in [0, 0.1) is 0 Å². The van der Waals surface area contributed by atoms with Crippen molar-refractivity contribution in [3.05, 3.63) is 29.8 Å². The van der Waals surface area contributed by atoms with E-state index in [4.69, 9.17) is 4.74 Å². The van der Waals surface area contributed by atoms with Crippen molar-refractivity contribution in [3.63, 3.8) is 0 Å². The summed E-state index contributed by atoms with van der Waals surface area (Å²) in [6.07, 6.45) is 1.15. The van der Waals surface area contributed by atoms with E-state index >= 15 is 0 Å². The fourth-order valence-electron chi connectivity index (χ4n) is 2.90. The van der Waals surface area contributed by atoms with Gasteiger partial charge in [-0.05, 0) is 38.5 Å². The summed E-state index contributed by atoms with van der Waals surface area (Å²) in [5, 5.41) is 7.30. The van der Waals surface area contributed by atoms with Gasteiger partial charge < -0.3 is 15.4 Å². The van der Waals surface area contributed by atoms with E-state index in [0.717, 1.165) is 19.4 Å². The highest BCUT2D eigenvalue weighted by Gasteiger charge is 2.29. The molecule has 0 radical (unpaired) electrons. The molecule has 2 unspecified atom stereocenters. The summed E-state index contributed by atoms with van der Waals surface area (Å²) in [5.74, 6) is 0.901. The Bertz CT molecular complexity index is 601. The molecule has 9 heteroatoms. The molecular formula is C18H27F3IN3OS. The Hall–Kier alpha value is -0.840. The summed E-state index contributed by atoms with van der Waals surface area (Å²) >= 11 is 1.89. The molecule has 0 amide bonds. The number of nitrogens with zero attached hydrogens (tertiary/aromatic N) is 1. The summed E-state index contributed by atoms with van der Waals surface area (Å²) in [5.41, 5.74) is 0.627. The fraction of sp³-hybridized carbons (Fsp3) is 0.611. The highest BCUT2D eigenvalue weighted by molar-refractivity contribution is 14.0. The van der Waals surface area contributed by atoms with Gasteiger partial charge in [-0.2, -0.15) is 24.9 Å². The Labute approximate surface area is 180 Å². The predicted octanol–water partition coefficient (Wildman–Crippen LogP) is 4.58. The maximum Gasteiger partial charge on any atom is 0.422 e. The third-order valence-electron chi connectivity index (χ3n) is 4.17. The van der Waals surface area contributed by atoms with E-state index in [9.17, 15) is 13.2 Å². The second-order valence-corrected chi connectivity index (χ2v) is 7.36. The number of benzene rings is 1. The minimum atomic E-state index is -4.36. The maximum atomic E-state index is 12.4. The quantitative estimate of drug-likeness (QED) is 0.316. The molecule has 27 heavy (non-hydrogen) atoms. The van der Waals surface area contributed by atoms with E-state index in [2.05, 4.69) is 21.9 Å². The largest absolute Gasteiger partial charge is 0.484 e. The normalized spacial score (nSPS) is 20.1. The Morgan fingerprint density at radius 1 is 1.30 bits per heavy atom. The first-order valence-corrected chi connectivity index (χ1v) is 10.0. The van der Waals surface area contributed by atoms with Gasteiger partial charge in [-0.3, -0.25) is 0 Å². The Morgan fingerprint density at radius 3 is 2.67 bits per heavy atom. The number of thioether (sulfide) groups is 1. The predicted molar refractivity (Wildman–Crippen MR) is 116 cm³/mol. The Kier molecular flexibility index (Phi) is 10.6. The molecule has 0 saturated heterocycles. The SMILES string of the molecule is CCNC(=NCc1ccccc1OCC(F)(F)F)NC1CCC(SC)C1.I. The van der Waals surface area contributed by atoms with Crippen molar-refractivity contribution in [1.29, 1.82) is 0 Å². The van der Waals surface area contributed by atoms with Crippen LogP contribution >= 0.6 is 35.7 Å². The van der Waals surface area contributed by atoms with E-state index in [1.165, 1.54) is 12.5 Å². The zero-order chi connectivity index (χ0) is 19.0. The number of hydrogen-bond donors (Lipinski definition) is 2. The molecule has 1 aliphatic carbocycles. The molecule has 0 spiro atoms. The molecule has 2 N–H and O–H groups in total. The van der Waals surface area contributed by atoms with E-state index in [1.54, 1.807) is 18.2 Å². The molecule has 1 fully saturated rings. The molecule has 154 valence electrons. The standard InChI is InChI=1S/C18H26F3N3OS.HI/c1-3-22-17(24-14-8-9-15(10-14)26-2)23-11-13-6-4-5-7-16(13)25-12-18(19,20)21;/h4-7,14-15H,3,8-12H2,1-2H3,(H2,22,23,24);1H. The highest BCUT2D eigenvalue weighted by atomic mass is 127. The average Bonchev–Trinajstić information content (AvgIpc) is 3.06. The number of hydrogen-bond acceptors (Lipinski definition) is 3. The number of nitrogens with one attached hydrogen (secondary N) is 2. The van der Waals surface area contributed by atoms with Crippen LogP contribution in [0.25, 0.3) is 0 Å². The van der Waals surface area contributed by atoms with Crippen LogP contribution in [0.1, 0.15) is 31.7 Å². The van der Waals surface area contributed by atoms with Crippen molar-refractivity contribution in [3.8, 4) is 5.75 Å². The Balaban J connectivity index is 0.00000364. The van der Waals surface area contributed by atoms with Crippen LogP contribution in [0.3, 0.4) is 0 Å². The molecule has 1 aromatic carbocycles. The van der Waals surface area contributed by atoms with Gasteiger partial charge in [0.05, 0.1) is 6.54 Å². The number of halogens is 4. The molecule has 0 aliphatic heterocycles. The Morgan fingerprint density at radius 2 is 2.04 bits per heavy atom. The molecule has 2 rings (SSSR count). The molecule has 0 heterocycles. The van der Waals surface area contributed by atoms with E-state index in [0.29, 0.717) is 22.8 Å². The van der Waals surface area contributed by atoms with Crippen LogP contribution in [0.5, 0.6) is 5.75 Å². The molecule has 4 nitrogen and oxygen atoms in total. The molecule has 0 bridgehead atoms. The molecule has 1 saturated carbocycles.